The van der Waals surface area contributed by atoms with Crippen LogP contribution in [0.25, 0.3) is 11.1 Å². The average Bonchev–Trinajstić information content (AvgIpc) is 3.87. The second kappa shape index (κ2) is 31.3. The van der Waals surface area contributed by atoms with E-state index in [-0.39, 0.29) is 31.8 Å². The van der Waals surface area contributed by atoms with Crippen LogP contribution in [0.3, 0.4) is 0 Å². The Bertz CT molecular complexity index is 2580. The molecule has 2 aliphatic rings. The van der Waals surface area contributed by atoms with Crippen LogP contribution in [0.4, 0.5) is 0 Å². The molecule has 0 spiro atoms. The number of nitrogens with one attached hydrogen (secondary N) is 1. The third kappa shape index (κ3) is 18.5. The smallest absolute Gasteiger partial charge is 0.220 e. The molecule has 0 aromatic heterocycles. The number of hydrogen-bond acceptors (Lipinski definition) is 9. The molecule has 2 fully saturated rings. The van der Waals surface area contributed by atoms with Gasteiger partial charge in [0.15, 0.2) is 12.1 Å². The standard InChI is InChI=1S/C68H85NO9/c1-5-7-13-25-51-37-41-57(42-38-51)58-43-39-52(40-44-58)26-23-24-36-62(70)69-59(63-60(35-14-8-6-2)77-68(3,4)78-63)49-75-67-66(74-48-56-33-21-12-22-34-56)65(73-47-55-31-19-11-20-32-55)64(72-46-54-29-17-10-18-30-54)61(76-67)50-71-45-53-27-15-9-16-28-53/h9-12,15-22,27-34,37-44,59-61,63-67H,5-8,13-14,23-26,35-36,45-50H2,1-4H3,(H,69,70)/t59-,60+,61?,63-,64?,65?,66?,67?/m0/s1. The van der Waals surface area contributed by atoms with Gasteiger partial charge in [0.2, 0.25) is 5.91 Å². The van der Waals surface area contributed by atoms with Crippen LogP contribution in [0.1, 0.15) is 125 Å². The lowest BCUT2D eigenvalue weighted by molar-refractivity contribution is -0.329. The molecule has 8 atom stereocenters. The van der Waals surface area contributed by atoms with Crippen LogP contribution >= 0.6 is 0 Å². The van der Waals surface area contributed by atoms with E-state index in [9.17, 15) is 4.79 Å². The highest BCUT2D eigenvalue weighted by Crippen LogP contribution is 2.36. The number of unbranched alkanes of at least 4 members (excludes halogenated alkanes) is 5. The van der Waals surface area contributed by atoms with Crippen LogP contribution in [0.5, 0.6) is 0 Å². The zero-order chi connectivity index (χ0) is 54.2. The van der Waals surface area contributed by atoms with Gasteiger partial charge in [-0.05, 0) is 96.9 Å². The van der Waals surface area contributed by atoms with Crippen molar-refractivity contribution in [3.05, 3.63) is 203 Å². The van der Waals surface area contributed by atoms with Crippen LogP contribution in [-0.2, 0) is 82.0 Å². The third-order valence-corrected chi connectivity index (χ3v) is 14.8. The fourth-order valence-corrected chi connectivity index (χ4v) is 10.5. The number of aryl methyl sites for hydroxylation is 2. The van der Waals surface area contributed by atoms with E-state index in [2.05, 4.69) is 79.8 Å². The van der Waals surface area contributed by atoms with Gasteiger partial charge in [0.25, 0.3) is 0 Å². The molecule has 416 valence electrons. The number of benzene rings is 6. The summed E-state index contributed by atoms with van der Waals surface area (Å²) in [5, 5.41) is 3.39. The molecule has 0 aliphatic carbocycles. The Morgan fingerprint density at radius 3 is 1.50 bits per heavy atom. The van der Waals surface area contributed by atoms with E-state index in [1.54, 1.807) is 0 Å². The van der Waals surface area contributed by atoms with Crippen LogP contribution in [-0.4, -0.2) is 73.9 Å². The molecule has 10 nitrogen and oxygen atoms in total. The van der Waals surface area contributed by atoms with Gasteiger partial charge < -0.3 is 43.2 Å². The molecule has 2 saturated heterocycles. The van der Waals surface area contributed by atoms with Gasteiger partial charge in [-0.3, -0.25) is 4.79 Å². The van der Waals surface area contributed by atoms with E-state index in [1.165, 1.54) is 41.5 Å². The molecule has 78 heavy (non-hydrogen) atoms. The van der Waals surface area contributed by atoms with Crippen LogP contribution in [0.2, 0.25) is 0 Å². The molecule has 6 aromatic rings. The van der Waals surface area contributed by atoms with Crippen LogP contribution in [0.15, 0.2) is 170 Å². The summed E-state index contributed by atoms with van der Waals surface area (Å²) in [5.41, 5.74) is 9.15. The number of carbonyl (C=O) groups is 1. The molecule has 1 N–H and O–H groups in total. The van der Waals surface area contributed by atoms with E-state index in [4.69, 9.17) is 37.9 Å². The Labute approximate surface area is 465 Å². The number of amides is 1. The maximum atomic E-state index is 14.2. The highest BCUT2D eigenvalue weighted by atomic mass is 16.8. The lowest BCUT2D eigenvalue weighted by Gasteiger charge is -2.46. The Balaban J connectivity index is 1.01. The summed E-state index contributed by atoms with van der Waals surface area (Å²) in [6, 6.07) is 57.7. The number of rotatable bonds is 32. The normalized spacial score (nSPS) is 21.3. The Morgan fingerprint density at radius 2 is 0.974 bits per heavy atom. The minimum absolute atomic E-state index is 0.0580. The Hall–Kier alpha value is -5.53. The topological polar surface area (TPSA) is 103 Å². The van der Waals surface area contributed by atoms with Gasteiger partial charge in [0, 0.05) is 6.42 Å². The molecule has 6 aromatic carbocycles. The van der Waals surface area contributed by atoms with Crippen molar-refractivity contribution in [3.8, 4) is 11.1 Å². The third-order valence-electron chi connectivity index (χ3n) is 14.8. The SMILES string of the molecule is CCCCCc1ccc(-c2ccc(CCCCC(=O)N[C@@H](COC3OC(COCc4ccccc4)C(OCc4ccccc4)C(OCc4ccccc4)C3OCc3ccccc3)[C@@H]3OC(C)(C)O[C@@H]3CCCCC)cc2)cc1. The molecule has 10 heteroatoms. The van der Waals surface area contributed by atoms with Crippen LogP contribution < -0.4 is 5.32 Å². The molecule has 2 aliphatic heterocycles. The average molecular weight is 1060 g/mol. The van der Waals surface area contributed by atoms with Crippen molar-refractivity contribution >= 4 is 5.91 Å². The van der Waals surface area contributed by atoms with E-state index >= 15 is 0 Å². The van der Waals surface area contributed by atoms with Crippen molar-refractivity contribution in [3.63, 3.8) is 0 Å². The maximum Gasteiger partial charge on any atom is 0.220 e. The fourth-order valence-electron chi connectivity index (χ4n) is 10.5. The van der Waals surface area contributed by atoms with Crippen molar-refractivity contribution in [2.24, 2.45) is 0 Å². The first-order valence-electron chi connectivity index (χ1n) is 28.9. The summed E-state index contributed by atoms with van der Waals surface area (Å²) in [7, 11) is 0. The van der Waals surface area contributed by atoms with Gasteiger partial charge >= 0.3 is 0 Å². The van der Waals surface area contributed by atoms with E-state index in [0.717, 1.165) is 73.6 Å². The van der Waals surface area contributed by atoms with E-state index in [1.807, 2.05) is 123 Å². The number of carbonyl (C=O) groups excluding carboxylic acids is 1. The number of hydrogen-bond donors (Lipinski definition) is 1. The van der Waals surface area contributed by atoms with Gasteiger partial charge in [-0.1, -0.05) is 216 Å². The molecule has 1 amide bonds. The largest absolute Gasteiger partial charge is 0.374 e. The molecular formula is C68H85NO9. The molecule has 5 unspecified atom stereocenters. The predicted octanol–water partition coefficient (Wildman–Crippen LogP) is 14.1. The van der Waals surface area contributed by atoms with Gasteiger partial charge in [-0.25, -0.2) is 0 Å². The highest BCUT2D eigenvalue weighted by Gasteiger charge is 2.51. The summed E-state index contributed by atoms with van der Waals surface area (Å²) < 4.78 is 54.8. The van der Waals surface area contributed by atoms with Crippen LogP contribution in [0, 0.1) is 0 Å². The Morgan fingerprint density at radius 1 is 0.500 bits per heavy atom. The lowest BCUT2D eigenvalue weighted by Crippen LogP contribution is -2.62. The summed E-state index contributed by atoms with van der Waals surface area (Å²) in [6.07, 6.45) is 7.18. The first-order chi connectivity index (χ1) is 38.2. The second-order valence-corrected chi connectivity index (χ2v) is 21.5. The first-order valence-corrected chi connectivity index (χ1v) is 28.9. The second-order valence-electron chi connectivity index (χ2n) is 21.5. The minimum atomic E-state index is -0.967. The van der Waals surface area contributed by atoms with Crippen molar-refractivity contribution in [1.82, 2.24) is 5.32 Å². The fraction of sp³-hybridized carbons (Fsp3) is 0.456. The van der Waals surface area contributed by atoms with Gasteiger partial charge in [-0.15, -0.1) is 0 Å². The predicted molar refractivity (Wildman–Crippen MR) is 308 cm³/mol. The van der Waals surface area contributed by atoms with Crippen molar-refractivity contribution < 1.29 is 42.7 Å². The van der Waals surface area contributed by atoms with Crippen molar-refractivity contribution in [2.45, 2.75) is 186 Å². The zero-order valence-corrected chi connectivity index (χ0v) is 46.7. The highest BCUT2D eigenvalue weighted by molar-refractivity contribution is 5.76. The summed E-state index contributed by atoms with van der Waals surface area (Å²) in [6.45, 7) is 9.84. The molecule has 2 heterocycles. The molecular weight excluding hydrogens is 975 g/mol. The summed E-state index contributed by atoms with van der Waals surface area (Å²) in [5.74, 6) is -0.925. The van der Waals surface area contributed by atoms with Crippen molar-refractivity contribution in [1.29, 1.82) is 0 Å². The molecule has 8 rings (SSSR count). The summed E-state index contributed by atoms with van der Waals surface area (Å²) >= 11 is 0. The van der Waals surface area contributed by atoms with Gasteiger partial charge in [0.1, 0.15) is 30.5 Å². The molecule has 0 bridgehead atoms. The molecule has 0 saturated carbocycles. The first kappa shape index (κ1) is 58.6. The molecule has 0 radical (unpaired) electrons. The maximum absolute atomic E-state index is 14.2. The quantitative estimate of drug-likeness (QED) is 0.0414. The van der Waals surface area contributed by atoms with E-state index in [0.29, 0.717) is 26.2 Å². The Kier molecular flexibility index (Phi) is 23.5. The number of ether oxygens (including phenoxy) is 8. The lowest BCUT2D eigenvalue weighted by atomic mass is 9.97. The van der Waals surface area contributed by atoms with E-state index < -0.39 is 48.6 Å². The minimum Gasteiger partial charge on any atom is -0.374 e. The van der Waals surface area contributed by atoms with Gasteiger partial charge in [0.05, 0.1) is 51.8 Å². The summed E-state index contributed by atoms with van der Waals surface area (Å²) in [4.78, 5) is 14.2. The zero-order valence-electron chi connectivity index (χ0n) is 46.7. The van der Waals surface area contributed by atoms with Crippen molar-refractivity contribution in [2.75, 3.05) is 13.2 Å². The monoisotopic (exact) mass is 1060 g/mol. The van der Waals surface area contributed by atoms with Gasteiger partial charge in [-0.2, -0.15) is 0 Å².